The van der Waals surface area contributed by atoms with Crippen LogP contribution in [-0.4, -0.2) is 50.1 Å². The first-order valence-corrected chi connectivity index (χ1v) is 11.8. The number of nitrogens with zero attached hydrogens (tertiary/aromatic N) is 2. The molecule has 0 bridgehead atoms. The van der Waals surface area contributed by atoms with Crippen molar-refractivity contribution in [1.82, 2.24) is 4.31 Å². The molecule has 2 heterocycles. The molecule has 154 valence electrons. The van der Waals surface area contributed by atoms with Gasteiger partial charge in [-0.25, -0.2) is 12.8 Å². The van der Waals surface area contributed by atoms with E-state index in [1.807, 2.05) is 11.8 Å². The van der Waals surface area contributed by atoms with Crippen molar-refractivity contribution >= 4 is 39.1 Å². The van der Waals surface area contributed by atoms with E-state index in [0.717, 1.165) is 4.90 Å². The van der Waals surface area contributed by atoms with Gasteiger partial charge in [0.05, 0.1) is 16.3 Å². The van der Waals surface area contributed by atoms with Crippen molar-refractivity contribution in [3.05, 3.63) is 48.3 Å². The number of anilines is 2. The molecule has 0 unspecified atom stereocenters. The van der Waals surface area contributed by atoms with Crippen LogP contribution >= 0.6 is 11.8 Å². The summed E-state index contributed by atoms with van der Waals surface area (Å²) >= 11 is 1.56. The third-order valence-electron chi connectivity index (χ3n) is 5.10. The molecular formula is C20H22FN3O3S2. The normalized spacial score (nSPS) is 20.7. The molecule has 1 atom stereocenters. The first-order chi connectivity index (χ1) is 13.8. The van der Waals surface area contributed by atoms with E-state index in [2.05, 4.69) is 5.32 Å². The van der Waals surface area contributed by atoms with Gasteiger partial charge in [-0.2, -0.15) is 4.31 Å². The lowest BCUT2D eigenvalue weighted by Crippen LogP contribution is -2.48. The molecule has 0 aromatic heterocycles. The van der Waals surface area contributed by atoms with E-state index >= 15 is 0 Å². The van der Waals surface area contributed by atoms with Crippen LogP contribution in [0.4, 0.5) is 15.8 Å². The molecule has 4 rings (SSSR count). The minimum absolute atomic E-state index is 0.114. The summed E-state index contributed by atoms with van der Waals surface area (Å²) < 4.78 is 41.7. The second-order valence-electron chi connectivity index (χ2n) is 7.18. The number of carbonyl (C=O) groups is 1. The van der Waals surface area contributed by atoms with Crippen molar-refractivity contribution in [2.24, 2.45) is 0 Å². The maximum Gasteiger partial charge on any atom is 0.243 e. The SMILES string of the molecule is C[C@H]1CC(=O)Nc2cc(S(=O)(=O)N3CCN(c4ccccc4F)CC3)ccc2S1. The molecule has 2 aromatic rings. The third kappa shape index (κ3) is 4.12. The molecule has 9 heteroatoms. The summed E-state index contributed by atoms with van der Waals surface area (Å²) in [5.74, 6) is -0.422. The largest absolute Gasteiger partial charge is 0.367 e. The Balaban J connectivity index is 1.53. The second-order valence-corrected chi connectivity index (χ2v) is 10.6. The Kier molecular flexibility index (Phi) is 5.54. The van der Waals surface area contributed by atoms with Gasteiger partial charge in [0.15, 0.2) is 0 Å². The Morgan fingerprint density at radius 1 is 1.10 bits per heavy atom. The highest BCUT2D eigenvalue weighted by Gasteiger charge is 2.30. The van der Waals surface area contributed by atoms with Gasteiger partial charge in [0.1, 0.15) is 5.82 Å². The highest BCUT2D eigenvalue weighted by Crippen LogP contribution is 2.36. The zero-order valence-corrected chi connectivity index (χ0v) is 17.6. The predicted molar refractivity (Wildman–Crippen MR) is 112 cm³/mol. The molecule has 0 radical (unpaired) electrons. The number of hydrogen-bond acceptors (Lipinski definition) is 5. The van der Waals surface area contributed by atoms with Gasteiger partial charge in [0.25, 0.3) is 0 Å². The lowest BCUT2D eigenvalue weighted by Gasteiger charge is -2.35. The van der Waals surface area contributed by atoms with Crippen LogP contribution in [0.3, 0.4) is 0 Å². The minimum atomic E-state index is -3.70. The van der Waals surface area contributed by atoms with Crippen LogP contribution in [0, 0.1) is 5.82 Å². The Bertz CT molecular complexity index is 1040. The fraction of sp³-hybridized carbons (Fsp3) is 0.350. The van der Waals surface area contributed by atoms with E-state index in [9.17, 15) is 17.6 Å². The lowest BCUT2D eigenvalue weighted by molar-refractivity contribution is -0.116. The average molecular weight is 436 g/mol. The van der Waals surface area contributed by atoms with Gasteiger partial charge >= 0.3 is 0 Å². The van der Waals surface area contributed by atoms with Gasteiger partial charge < -0.3 is 10.2 Å². The van der Waals surface area contributed by atoms with Crippen LogP contribution in [0.2, 0.25) is 0 Å². The number of thioether (sulfide) groups is 1. The van der Waals surface area contributed by atoms with Crippen LogP contribution in [0.1, 0.15) is 13.3 Å². The number of halogens is 1. The minimum Gasteiger partial charge on any atom is -0.367 e. The second kappa shape index (κ2) is 7.97. The quantitative estimate of drug-likeness (QED) is 0.802. The molecule has 6 nitrogen and oxygen atoms in total. The summed E-state index contributed by atoms with van der Waals surface area (Å²) in [4.78, 5) is 14.9. The fourth-order valence-corrected chi connectivity index (χ4v) is 6.12. The summed E-state index contributed by atoms with van der Waals surface area (Å²) in [6, 6.07) is 11.4. The van der Waals surface area contributed by atoms with Gasteiger partial charge in [0.2, 0.25) is 15.9 Å². The number of carbonyl (C=O) groups excluding carboxylic acids is 1. The van der Waals surface area contributed by atoms with Crippen LogP contribution in [-0.2, 0) is 14.8 Å². The van der Waals surface area contributed by atoms with Crippen molar-refractivity contribution in [1.29, 1.82) is 0 Å². The first-order valence-electron chi connectivity index (χ1n) is 9.45. The summed E-state index contributed by atoms with van der Waals surface area (Å²) in [6.07, 6.45) is 0.388. The number of rotatable bonds is 3. The van der Waals surface area contributed by atoms with Crippen molar-refractivity contribution in [3.63, 3.8) is 0 Å². The summed E-state index contributed by atoms with van der Waals surface area (Å²) in [6.45, 7) is 3.33. The van der Waals surface area contributed by atoms with E-state index in [4.69, 9.17) is 0 Å². The number of para-hydroxylation sites is 1. The molecular weight excluding hydrogens is 413 g/mol. The number of amides is 1. The number of piperazine rings is 1. The molecule has 29 heavy (non-hydrogen) atoms. The Morgan fingerprint density at radius 3 is 2.55 bits per heavy atom. The van der Waals surface area contributed by atoms with Gasteiger partial charge in [-0.1, -0.05) is 19.1 Å². The van der Waals surface area contributed by atoms with Crippen molar-refractivity contribution in [2.75, 3.05) is 36.4 Å². The van der Waals surface area contributed by atoms with Crippen LogP contribution in [0.5, 0.6) is 0 Å². The maximum absolute atomic E-state index is 14.0. The van der Waals surface area contributed by atoms with Gasteiger partial charge in [-0.3, -0.25) is 4.79 Å². The Morgan fingerprint density at radius 2 is 1.83 bits per heavy atom. The average Bonchev–Trinajstić information content (AvgIpc) is 2.84. The number of nitrogens with one attached hydrogen (secondary N) is 1. The third-order valence-corrected chi connectivity index (χ3v) is 8.17. The van der Waals surface area contributed by atoms with Crippen molar-refractivity contribution < 1.29 is 17.6 Å². The van der Waals surface area contributed by atoms with E-state index in [1.165, 1.54) is 16.4 Å². The highest BCUT2D eigenvalue weighted by molar-refractivity contribution is 8.00. The zero-order chi connectivity index (χ0) is 20.6. The van der Waals surface area contributed by atoms with Crippen LogP contribution < -0.4 is 10.2 Å². The van der Waals surface area contributed by atoms with E-state index in [0.29, 0.717) is 30.9 Å². The zero-order valence-electron chi connectivity index (χ0n) is 16.0. The smallest absolute Gasteiger partial charge is 0.243 e. The molecule has 0 spiro atoms. The number of hydrogen-bond donors (Lipinski definition) is 1. The number of fused-ring (bicyclic) bond motifs is 1. The van der Waals surface area contributed by atoms with Crippen LogP contribution in [0.15, 0.2) is 52.3 Å². The van der Waals surface area contributed by atoms with Crippen molar-refractivity contribution in [3.8, 4) is 0 Å². The van der Waals surface area contributed by atoms with Gasteiger partial charge in [0, 0.05) is 42.7 Å². The molecule has 1 amide bonds. The summed E-state index contributed by atoms with van der Waals surface area (Å²) in [5, 5.41) is 2.94. The molecule has 0 saturated carbocycles. The van der Waals surface area contributed by atoms with Crippen molar-refractivity contribution in [2.45, 2.75) is 28.4 Å². The first kappa shape index (κ1) is 20.2. The molecule has 1 fully saturated rings. The fourth-order valence-electron chi connectivity index (χ4n) is 3.62. The Hall–Kier alpha value is -2.10. The molecule has 2 aliphatic heterocycles. The predicted octanol–water partition coefficient (Wildman–Crippen LogP) is 3.16. The van der Waals surface area contributed by atoms with E-state index in [1.54, 1.807) is 42.1 Å². The standard InChI is InChI=1S/C20H22FN3O3S2/c1-14-12-20(25)22-17-13-15(6-7-19(17)28-14)29(26,27)24-10-8-23(9-11-24)18-5-3-2-4-16(18)21/h2-7,13-14H,8-12H2,1H3,(H,22,25)/t14-/m0/s1. The number of benzene rings is 2. The molecule has 1 saturated heterocycles. The molecule has 2 aliphatic rings. The van der Waals surface area contributed by atoms with E-state index in [-0.39, 0.29) is 35.0 Å². The molecule has 0 aliphatic carbocycles. The monoisotopic (exact) mass is 435 g/mol. The summed E-state index contributed by atoms with van der Waals surface area (Å²) in [7, 11) is -3.70. The summed E-state index contributed by atoms with van der Waals surface area (Å²) in [5.41, 5.74) is 1.03. The highest BCUT2D eigenvalue weighted by atomic mass is 32.2. The topological polar surface area (TPSA) is 69.7 Å². The molecule has 2 aromatic carbocycles. The molecule has 1 N–H and O–H groups in total. The maximum atomic E-state index is 14.0. The Labute approximate surface area is 174 Å². The van der Waals surface area contributed by atoms with Gasteiger partial charge in [-0.05, 0) is 30.3 Å². The van der Waals surface area contributed by atoms with Gasteiger partial charge in [-0.15, -0.1) is 11.8 Å². The van der Waals surface area contributed by atoms with Crippen LogP contribution in [0.25, 0.3) is 0 Å². The lowest BCUT2D eigenvalue weighted by atomic mass is 10.2. The van der Waals surface area contributed by atoms with E-state index < -0.39 is 10.0 Å². The number of sulfonamides is 1.